The van der Waals surface area contributed by atoms with Crippen molar-refractivity contribution in [3.8, 4) is 0 Å². The molecule has 2 amide bonds. The maximum Gasteiger partial charge on any atom is 0.329 e. The number of rotatable bonds is 5. The molecule has 1 heterocycles. The Morgan fingerprint density at radius 2 is 2.22 bits per heavy atom. The standard InChI is InChI=1S/C11H15N3O4/c1-8-3-4-9(18-8)7-13-14-11(16)10(15)12-5-6-17-2/h3-4,7H,5-6H2,1-2H3,(H,12,15)(H,14,16)/b13-7+. The van der Waals surface area contributed by atoms with Gasteiger partial charge >= 0.3 is 11.8 Å². The molecular weight excluding hydrogens is 238 g/mol. The Hall–Kier alpha value is -2.15. The van der Waals surface area contributed by atoms with Gasteiger partial charge in [-0.15, -0.1) is 0 Å². The van der Waals surface area contributed by atoms with E-state index in [1.54, 1.807) is 19.1 Å². The minimum absolute atomic E-state index is 0.268. The van der Waals surface area contributed by atoms with E-state index in [4.69, 9.17) is 9.15 Å². The maximum atomic E-state index is 11.2. The van der Waals surface area contributed by atoms with Gasteiger partial charge in [0.2, 0.25) is 0 Å². The number of ether oxygens (including phenoxy) is 1. The Bertz CT molecular complexity index is 439. The number of nitrogens with zero attached hydrogens (tertiary/aromatic N) is 1. The molecule has 0 fully saturated rings. The second kappa shape index (κ2) is 7.23. The molecule has 0 atom stereocenters. The lowest BCUT2D eigenvalue weighted by atomic mass is 10.4. The van der Waals surface area contributed by atoms with E-state index in [-0.39, 0.29) is 6.54 Å². The van der Waals surface area contributed by atoms with Crippen LogP contribution in [0.1, 0.15) is 11.5 Å². The summed E-state index contributed by atoms with van der Waals surface area (Å²) in [6, 6.07) is 3.46. The Balaban J connectivity index is 2.32. The fourth-order valence-corrected chi connectivity index (χ4v) is 1.08. The lowest BCUT2D eigenvalue weighted by Gasteiger charge is -2.02. The van der Waals surface area contributed by atoms with Crippen molar-refractivity contribution in [1.82, 2.24) is 10.7 Å². The van der Waals surface area contributed by atoms with Gasteiger partial charge in [0.1, 0.15) is 11.5 Å². The molecular formula is C11H15N3O4. The normalized spacial score (nSPS) is 10.6. The zero-order valence-electron chi connectivity index (χ0n) is 10.2. The van der Waals surface area contributed by atoms with E-state index in [1.165, 1.54) is 13.3 Å². The minimum atomic E-state index is -0.842. The fourth-order valence-electron chi connectivity index (χ4n) is 1.08. The number of nitrogens with one attached hydrogen (secondary N) is 2. The van der Waals surface area contributed by atoms with Crippen molar-refractivity contribution >= 4 is 18.0 Å². The average molecular weight is 253 g/mol. The number of carbonyl (C=O) groups excluding carboxylic acids is 2. The summed E-state index contributed by atoms with van der Waals surface area (Å²) in [5.74, 6) is -0.377. The van der Waals surface area contributed by atoms with Gasteiger partial charge in [0, 0.05) is 13.7 Å². The Morgan fingerprint density at radius 3 is 2.83 bits per heavy atom. The molecule has 0 spiro atoms. The van der Waals surface area contributed by atoms with Crippen molar-refractivity contribution in [1.29, 1.82) is 0 Å². The van der Waals surface area contributed by atoms with Crippen LogP contribution in [-0.2, 0) is 14.3 Å². The number of hydrogen-bond acceptors (Lipinski definition) is 5. The topological polar surface area (TPSA) is 92.9 Å². The van der Waals surface area contributed by atoms with Gasteiger partial charge in [-0.25, -0.2) is 5.43 Å². The van der Waals surface area contributed by atoms with Crippen LogP contribution in [0.5, 0.6) is 0 Å². The minimum Gasteiger partial charge on any atom is -0.460 e. The average Bonchev–Trinajstić information content (AvgIpc) is 2.75. The van der Waals surface area contributed by atoms with E-state index < -0.39 is 11.8 Å². The third-order valence-electron chi connectivity index (χ3n) is 1.92. The summed E-state index contributed by atoms with van der Waals surface area (Å²) < 4.78 is 9.91. The molecule has 0 aliphatic carbocycles. The van der Waals surface area contributed by atoms with Gasteiger partial charge in [0.15, 0.2) is 0 Å². The highest BCUT2D eigenvalue weighted by Crippen LogP contribution is 2.02. The van der Waals surface area contributed by atoms with Crippen molar-refractivity contribution < 1.29 is 18.7 Å². The molecule has 0 aliphatic rings. The Labute approximate surface area is 104 Å². The van der Waals surface area contributed by atoms with Crippen LogP contribution in [0.25, 0.3) is 0 Å². The molecule has 0 radical (unpaired) electrons. The van der Waals surface area contributed by atoms with Gasteiger partial charge in [-0.1, -0.05) is 0 Å². The summed E-state index contributed by atoms with van der Waals surface area (Å²) in [6.07, 6.45) is 1.31. The largest absolute Gasteiger partial charge is 0.460 e. The Kier molecular flexibility index (Phi) is 5.59. The highest BCUT2D eigenvalue weighted by molar-refractivity contribution is 6.35. The van der Waals surface area contributed by atoms with Crippen LogP contribution < -0.4 is 10.7 Å². The van der Waals surface area contributed by atoms with Crippen molar-refractivity contribution in [2.24, 2.45) is 5.10 Å². The first kappa shape index (κ1) is 13.9. The molecule has 0 bridgehead atoms. The number of carbonyl (C=O) groups is 2. The van der Waals surface area contributed by atoms with Gasteiger partial charge < -0.3 is 14.5 Å². The summed E-state index contributed by atoms with van der Waals surface area (Å²) in [6.45, 7) is 2.40. The molecule has 1 aromatic rings. The molecule has 1 rings (SSSR count). The fraction of sp³-hybridized carbons (Fsp3) is 0.364. The summed E-state index contributed by atoms with van der Waals surface area (Å²) in [4.78, 5) is 22.4. The first-order valence-electron chi connectivity index (χ1n) is 5.30. The zero-order valence-corrected chi connectivity index (χ0v) is 10.2. The van der Waals surface area contributed by atoms with E-state index in [2.05, 4.69) is 15.8 Å². The van der Waals surface area contributed by atoms with Crippen molar-refractivity contribution in [3.05, 3.63) is 23.7 Å². The van der Waals surface area contributed by atoms with Gasteiger partial charge in [-0.2, -0.15) is 5.10 Å². The molecule has 2 N–H and O–H groups in total. The van der Waals surface area contributed by atoms with E-state index in [1.807, 2.05) is 0 Å². The number of methoxy groups -OCH3 is 1. The smallest absolute Gasteiger partial charge is 0.329 e. The number of amides is 2. The summed E-state index contributed by atoms with van der Waals surface area (Å²) >= 11 is 0. The second-order valence-corrected chi connectivity index (χ2v) is 3.40. The van der Waals surface area contributed by atoms with Gasteiger partial charge in [0.25, 0.3) is 0 Å². The molecule has 0 saturated heterocycles. The van der Waals surface area contributed by atoms with E-state index in [0.29, 0.717) is 12.4 Å². The van der Waals surface area contributed by atoms with Crippen LogP contribution >= 0.6 is 0 Å². The quantitative estimate of drug-likeness (QED) is 0.329. The van der Waals surface area contributed by atoms with Crippen molar-refractivity contribution in [3.63, 3.8) is 0 Å². The molecule has 7 heteroatoms. The number of hydrogen-bond donors (Lipinski definition) is 2. The Morgan fingerprint density at radius 1 is 1.44 bits per heavy atom. The number of hydrazone groups is 1. The van der Waals surface area contributed by atoms with Crippen LogP contribution in [-0.4, -0.2) is 38.3 Å². The molecule has 0 saturated carbocycles. The maximum absolute atomic E-state index is 11.2. The van der Waals surface area contributed by atoms with Gasteiger partial charge in [-0.3, -0.25) is 9.59 Å². The molecule has 7 nitrogen and oxygen atoms in total. The SMILES string of the molecule is COCCNC(=O)C(=O)N/N=C/c1ccc(C)o1. The highest BCUT2D eigenvalue weighted by Gasteiger charge is 2.11. The predicted octanol–water partition coefficient (Wildman–Crippen LogP) is -0.199. The molecule has 98 valence electrons. The van der Waals surface area contributed by atoms with Crippen LogP contribution in [0.4, 0.5) is 0 Å². The van der Waals surface area contributed by atoms with E-state index in [9.17, 15) is 9.59 Å². The van der Waals surface area contributed by atoms with Crippen LogP contribution in [0.15, 0.2) is 21.7 Å². The van der Waals surface area contributed by atoms with Gasteiger partial charge in [-0.05, 0) is 19.1 Å². The van der Waals surface area contributed by atoms with Gasteiger partial charge in [0.05, 0.1) is 12.8 Å². The zero-order chi connectivity index (χ0) is 13.4. The predicted molar refractivity (Wildman–Crippen MR) is 64.1 cm³/mol. The first-order chi connectivity index (χ1) is 8.63. The molecule has 0 unspecified atom stereocenters. The van der Waals surface area contributed by atoms with Crippen LogP contribution in [0.2, 0.25) is 0 Å². The first-order valence-corrected chi connectivity index (χ1v) is 5.30. The second-order valence-electron chi connectivity index (χ2n) is 3.40. The van der Waals surface area contributed by atoms with Crippen LogP contribution in [0.3, 0.4) is 0 Å². The summed E-state index contributed by atoms with van der Waals surface area (Å²) in [5, 5.41) is 5.96. The summed E-state index contributed by atoms with van der Waals surface area (Å²) in [5.41, 5.74) is 2.08. The van der Waals surface area contributed by atoms with Crippen molar-refractivity contribution in [2.75, 3.05) is 20.3 Å². The molecule has 0 aliphatic heterocycles. The molecule has 1 aromatic heterocycles. The van der Waals surface area contributed by atoms with E-state index >= 15 is 0 Å². The number of aryl methyl sites for hydroxylation is 1. The monoisotopic (exact) mass is 253 g/mol. The molecule has 0 aromatic carbocycles. The highest BCUT2D eigenvalue weighted by atomic mass is 16.5. The lowest BCUT2D eigenvalue weighted by molar-refractivity contribution is -0.139. The summed E-state index contributed by atoms with van der Waals surface area (Å²) in [7, 11) is 1.50. The number of furan rings is 1. The molecule has 18 heavy (non-hydrogen) atoms. The van der Waals surface area contributed by atoms with E-state index in [0.717, 1.165) is 5.76 Å². The lowest BCUT2D eigenvalue weighted by Crippen LogP contribution is -2.39. The third-order valence-corrected chi connectivity index (χ3v) is 1.92. The third kappa shape index (κ3) is 4.79. The van der Waals surface area contributed by atoms with Crippen molar-refractivity contribution in [2.45, 2.75) is 6.92 Å². The van der Waals surface area contributed by atoms with Crippen LogP contribution in [0, 0.1) is 6.92 Å².